The maximum atomic E-state index is 13.0. The predicted molar refractivity (Wildman–Crippen MR) is 113 cm³/mol. The van der Waals surface area contributed by atoms with Crippen LogP contribution in [0.5, 0.6) is 5.75 Å². The molecule has 3 heterocycles. The Balaban J connectivity index is 1.40. The molecular weight excluding hydrogens is 426 g/mol. The van der Waals surface area contributed by atoms with Crippen molar-refractivity contribution < 1.29 is 18.8 Å². The van der Waals surface area contributed by atoms with E-state index >= 15 is 0 Å². The molecule has 1 aromatic carbocycles. The van der Waals surface area contributed by atoms with Gasteiger partial charge in [0.1, 0.15) is 18.1 Å². The van der Waals surface area contributed by atoms with E-state index in [1.165, 1.54) is 11.3 Å². The third-order valence-corrected chi connectivity index (χ3v) is 6.05. The Kier molecular flexibility index (Phi) is 6.06. The highest BCUT2D eigenvalue weighted by molar-refractivity contribution is 7.12. The average Bonchev–Trinajstić information content (AvgIpc) is 3.42. The third kappa shape index (κ3) is 4.34. The normalized spacial score (nSPS) is 14.1. The lowest BCUT2D eigenvalue weighted by atomic mass is 10.1. The van der Waals surface area contributed by atoms with Crippen molar-refractivity contribution in [3.8, 4) is 5.75 Å². The predicted octanol–water partition coefficient (Wildman–Crippen LogP) is 3.88. The van der Waals surface area contributed by atoms with Crippen LogP contribution in [0.25, 0.3) is 0 Å². The van der Waals surface area contributed by atoms with Gasteiger partial charge in [-0.25, -0.2) is 0 Å². The lowest BCUT2D eigenvalue weighted by Gasteiger charge is -2.34. The summed E-state index contributed by atoms with van der Waals surface area (Å²) in [6, 6.07) is 10.7. The first-order valence-electron chi connectivity index (χ1n) is 9.48. The molecule has 0 aliphatic carbocycles. The monoisotopic (exact) mass is 445 g/mol. The number of hydrogen-bond acceptors (Lipinski definition) is 6. The summed E-state index contributed by atoms with van der Waals surface area (Å²) in [5.74, 6) is 0.916. The zero-order valence-electron chi connectivity index (χ0n) is 16.3. The Morgan fingerprint density at radius 3 is 2.53 bits per heavy atom. The molecule has 156 valence electrons. The minimum Gasteiger partial charge on any atom is -0.489 e. The van der Waals surface area contributed by atoms with Crippen LogP contribution >= 0.6 is 22.9 Å². The number of carbonyl (C=O) groups is 2. The van der Waals surface area contributed by atoms with E-state index in [1.807, 2.05) is 17.5 Å². The van der Waals surface area contributed by atoms with Crippen molar-refractivity contribution in [2.75, 3.05) is 26.2 Å². The number of ether oxygens (including phenoxy) is 1. The van der Waals surface area contributed by atoms with Gasteiger partial charge in [0.05, 0.1) is 10.4 Å². The number of rotatable bonds is 5. The van der Waals surface area contributed by atoms with Gasteiger partial charge in [-0.2, -0.15) is 0 Å². The number of piperazine rings is 1. The zero-order valence-corrected chi connectivity index (χ0v) is 17.9. The van der Waals surface area contributed by atoms with Gasteiger partial charge in [0, 0.05) is 31.2 Å². The van der Waals surface area contributed by atoms with E-state index in [2.05, 4.69) is 5.16 Å². The fraction of sp³-hybridized carbons (Fsp3) is 0.286. The van der Waals surface area contributed by atoms with Crippen LogP contribution in [-0.4, -0.2) is 52.9 Å². The number of thiophene rings is 1. The van der Waals surface area contributed by atoms with Crippen molar-refractivity contribution in [3.05, 3.63) is 68.7 Å². The Morgan fingerprint density at radius 2 is 1.87 bits per heavy atom. The fourth-order valence-corrected chi connectivity index (χ4v) is 4.13. The molecule has 30 heavy (non-hydrogen) atoms. The lowest BCUT2D eigenvalue weighted by Crippen LogP contribution is -2.50. The number of aryl methyl sites for hydroxylation is 1. The van der Waals surface area contributed by atoms with Gasteiger partial charge >= 0.3 is 0 Å². The molecular formula is C21H20ClN3O4S. The van der Waals surface area contributed by atoms with Crippen LogP contribution in [0.3, 0.4) is 0 Å². The maximum Gasteiger partial charge on any atom is 0.276 e. The molecule has 9 heteroatoms. The number of benzene rings is 1. The van der Waals surface area contributed by atoms with E-state index in [-0.39, 0.29) is 24.1 Å². The van der Waals surface area contributed by atoms with E-state index in [4.69, 9.17) is 20.9 Å². The standard InChI is InChI=1S/C21H20ClN3O4S/c1-14-17(13-28-16-5-2-4-15(22)12-16)19(23-29-14)21(27)25-9-7-24(8-10-25)20(26)18-6-3-11-30-18/h2-6,11-12H,7-10,13H2,1H3. The summed E-state index contributed by atoms with van der Waals surface area (Å²) in [4.78, 5) is 29.7. The maximum absolute atomic E-state index is 13.0. The van der Waals surface area contributed by atoms with Crippen molar-refractivity contribution >= 4 is 34.8 Å². The Hall–Kier alpha value is -2.84. The summed E-state index contributed by atoms with van der Waals surface area (Å²) in [6.45, 7) is 3.74. The summed E-state index contributed by atoms with van der Waals surface area (Å²) < 4.78 is 11.0. The first-order valence-corrected chi connectivity index (χ1v) is 10.7. The smallest absolute Gasteiger partial charge is 0.276 e. The SMILES string of the molecule is Cc1onc(C(=O)N2CCN(C(=O)c3cccs3)CC2)c1COc1cccc(Cl)c1. The molecule has 0 saturated carbocycles. The number of hydrogen-bond donors (Lipinski definition) is 0. The van der Waals surface area contributed by atoms with Crippen molar-refractivity contribution in [1.29, 1.82) is 0 Å². The van der Waals surface area contributed by atoms with Crippen LogP contribution in [0.15, 0.2) is 46.3 Å². The molecule has 0 N–H and O–H groups in total. The number of carbonyl (C=O) groups excluding carboxylic acids is 2. The number of amides is 2. The molecule has 1 aliphatic heterocycles. The van der Waals surface area contributed by atoms with E-state index in [1.54, 1.807) is 41.0 Å². The highest BCUT2D eigenvalue weighted by Gasteiger charge is 2.29. The van der Waals surface area contributed by atoms with Crippen LogP contribution in [0.2, 0.25) is 5.02 Å². The zero-order chi connectivity index (χ0) is 21.1. The fourth-order valence-electron chi connectivity index (χ4n) is 3.26. The van der Waals surface area contributed by atoms with Gasteiger partial charge in [0.15, 0.2) is 5.69 Å². The topological polar surface area (TPSA) is 75.9 Å². The van der Waals surface area contributed by atoms with E-state index in [9.17, 15) is 9.59 Å². The van der Waals surface area contributed by atoms with Crippen molar-refractivity contribution in [2.45, 2.75) is 13.5 Å². The molecule has 7 nitrogen and oxygen atoms in total. The molecule has 1 saturated heterocycles. The van der Waals surface area contributed by atoms with Crippen LogP contribution in [0, 0.1) is 6.92 Å². The van der Waals surface area contributed by atoms with E-state index < -0.39 is 0 Å². The van der Waals surface area contributed by atoms with Gasteiger partial charge in [-0.3, -0.25) is 9.59 Å². The third-order valence-electron chi connectivity index (χ3n) is 4.95. The molecule has 3 aromatic rings. The minimum absolute atomic E-state index is 0.00462. The lowest BCUT2D eigenvalue weighted by molar-refractivity contribution is 0.0531. The second kappa shape index (κ2) is 8.89. The van der Waals surface area contributed by atoms with Gasteiger partial charge in [0.2, 0.25) is 0 Å². The minimum atomic E-state index is -0.222. The summed E-state index contributed by atoms with van der Waals surface area (Å²) in [5, 5.41) is 6.42. The summed E-state index contributed by atoms with van der Waals surface area (Å²) in [6.07, 6.45) is 0. The van der Waals surface area contributed by atoms with Crippen LogP contribution in [-0.2, 0) is 6.61 Å². The molecule has 4 rings (SSSR count). The first-order chi connectivity index (χ1) is 14.5. The molecule has 0 atom stereocenters. The van der Waals surface area contributed by atoms with Crippen LogP contribution < -0.4 is 4.74 Å². The van der Waals surface area contributed by atoms with Gasteiger partial charge in [-0.05, 0) is 36.6 Å². The molecule has 2 amide bonds. The summed E-state index contributed by atoms with van der Waals surface area (Å²) >= 11 is 7.41. The molecule has 0 unspecified atom stereocenters. The Morgan fingerprint density at radius 1 is 1.13 bits per heavy atom. The molecule has 2 aromatic heterocycles. The molecule has 0 bridgehead atoms. The average molecular weight is 446 g/mol. The van der Waals surface area contributed by atoms with Crippen LogP contribution in [0.1, 0.15) is 31.5 Å². The Bertz CT molecular complexity index is 1040. The number of aromatic nitrogens is 1. The van der Waals surface area contributed by atoms with Crippen molar-refractivity contribution in [3.63, 3.8) is 0 Å². The quantitative estimate of drug-likeness (QED) is 0.595. The summed E-state index contributed by atoms with van der Waals surface area (Å²) in [7, 11) is 0. The van der Waals surface area contributed by atoms with Crippen LogP contribution in [0.4, 0.5) is 0 Å². The van der Waals surface area contributed by atoms with Crippen molar-refractivity contribution in [2.24, 2.45) is 0 Å². The summed E-state index contributed by atoms with van der Waals surface area (Å²) in [5.41, 5.74) is 0.852. The van der Waals surface area contributed by atoms with Gasteiger partial charge in [0.25, 0.3) is 11.8 Å². The van der Waals surface area contributed by atoms with Gasteiger partial charge in [-0.1, -0.05) is 28.9 Å². The molecule has 0 radical (unpaired) electrons. The van der Waals surface area contributed by atoms with Crippen molar-refractivity contribution in [1.82, 2.24) is 15.0 Å². The number of nitrogens with zero attached hydrogens (tertiary/aromatic N) is 3. The largest absolute Gasteiger partial charge is 0.489 e. The number of halogens is 1. The Labute approximate surface area is 182 Å². The molecule has 1 fully saturated rings. The first kappa shape index (κ1) is 20.4. The highest BCUT2D eigenvalue weighted by Crippen LogP contribution is 2.22. The van der Waals surface area contributed by atoms with E-state index in [0.717, 1.165) is 0 Å². The second-order valence-electron chi connectivity index (χ2n) is 6.87. The highest BCUT2D eigenvalue weighted by atomic mass is 35.5. The molecule has 1 aliphatic rings. The second-order valence-corrected chi connectivity index (χ2v) is 8.26. The molecule has 0 spiro atoms. The van der Waals surface area contributed by atoms with Gasteiger partial charge in [-0.15, -0.1) is 11.3 Å². The van der Waals surface area contributed by atoms with E-state index in [0.29, 0.717) is 53.2 Å². The van der Waals surface area contributed by atoms with Gasteiger partial charge < -0.3 is 19.1 Å².